The van der Waals surface area contributed by atoms with E-state index in [4.69, 9.17) is 0 Å². The third kappa shape index (κ3) is 5.44. The predicted molar refractivity (Wildman–Crippen MR) is 116 cm³/mol. The molecule has 1 atom stereocenters. The van der Waals surface area contributed by atoms with Gasteiger partial charge in [0.05, 0.1) is 0 Å². The summed E-state index contributed by atoms with van der Waals surface area (Å²) in [6.07, 6.45) is 6.24. The van der Waals surface area contributed by atoms with E-state index in [9.17, 15) is 9.59 Å². The summed E-state index contributed by atoms with van der Waals surface area (Å²) in [6.45, 7) is 5.94. The molecule has 1 aliphatic heterocycles. The van der Waals surface area contributed by atoms with E-state index in [-0.39, 0.29) is 18.2 Å². The van der Waals surface area contributed by atoms with E-state index in [1.54, 1.807) is 0 Å². The van der Waals surface area contributed by atoms with Gasteiger partial charge in [-0.2, -0.15) is 5.10 Å². The van der Waals surface area contributed by atoms with Crippen molar-refractivity contribution in [3.05, 3.63) is 29.3 Å². The van der Waals surface area contributed by atoms with Gasteiger partial charge in [0.25, 0.3) is 0 Å². The first kappa shape index (κ1) is 20.6. The molecule has 1 aromatic rings. The fourth-order valence-electron chi connectivity index (χ4n) is 3.55. The lowest BCUT2D eigenvalue weighted by Crippen LogP contribution is -2.28. The van der Waals surface area contributed by atoms with Gasteiger partial charge in [-0.15, -0.1) is 5.10 Å². The highest BCUT2D eigenvalue weighted by atomic mass is 32.2. The molecule has 28 heavy (non-hydrogen) atoms. The van der Waals surface area contributed by atoms with Crippen LogP contribution < -0.4 is 10.6 Å². The second-order valence-corrected chi connectivity index (χ2v) is 8.84. The number of anilines is 1. The average molecular weight is 401 g/mol. The first-order valence-electron chi connectivity index (χ1n) is 9.89. The number of aryl methyl sites for hydroxylation is 2. The molecule has 1 heterocycles. The lowest BCUT2D eigenvalue weighted by atomic mass is 9.86. The number of amides is 2. The standard InChI is InChI=1S/C21H28N4O2S/c1-13-9-10-14(2)17(11-13)22-19(26)12-18-20(27)23-21(28-18)25-24-15(3)16-7-5-4-6-8-16/h9-11,16,18H,4-8,12H2,1-3H3,(H,22,26)(H,23,25,27). The number of rotatable bonds is 5. The lowest BCUT2D eigenvalue weighted by molar-refractivity contribution is -0.122. The van der Waals surface area contributed by atoms with Gasteiger partial charge in [0, 0.05) is 17.8 Å². The Morgan fingerprint density at radius 1 is 1.25 bits per heavy atom. The van der Waals surface area contributed by atoms with E-state index in [0.29, 0.717) is 11.1 Å². The van der Waals surface area contributed by atoms with Crippen LogP contribution in [0.3, 0.4) is 0 Å². The number of carbonyl (C=O) groups is 2. The van der Waals surface area contributed by atoms with Crippen molar-refractivity contribution >= 4 is 40.1 Å². The number of nitrogens with zero attached hydrogens (tertiary/aromatic N) is 2. The molecule has 3 rings (SSSR count). The van der Waals surface area contributed by atoms with Crippen molar-refractivity contribution in [3.8, 4) is 0 Å². The average Bonchev–Trinajstić information content (AvgIpc) is 3.02. The largest absolute Gasteiger partial charge is 0.326 e. The van der Waals surface area contributed by atoms with E-state index in [0.717, 1.165) is 22.5 Å². The van der Waals surface area contributed by atoms with Crippen LogP contribution in [0.5, 0.6) is 0 Å². The topological polar surface area (TPSA) is 82.9 Å². The van der Waals surface area contributed by atoms with Crippen molar-refractivity contribution < 1.29 is 9.59 Å². The minimum absolute atomic E-state index is 0.105. The van der Waals surface area contributed by atoms with Crippen LogP contribution in [0, 0.1) is 19.8 Å². The van der Waals surface area contributed by atoms with Crippen molar-refractivity contribution in [1.82, 2.24) is 5.32 Å². The van der Waals surface area contributed by atoms with Gasteiger partial charge in [-0.05, 0) is 56.7 Å². The molecular weight excluding hydrogens is 372 g/mol. The smallest absolute Gasteiger partial charge is 0.240 e. The van der Waals surface area contributed by atoms with Gasteiger partial charge in [0.15, 0.2) is 5.17 Å². The Morgan fingerprint density at radius 3 is 2.75 bits per heavy atom. The van der Waals surface area contributed by atoms with E-state index in [2.05, 4.69) is 20.8 Å². The van der Waals surface area contributed by atoms with Gasteiger partial charge in [-0.1, -0.05) is 43.2 Å². The summed E-state index contributed by atoms with van der Waals surface area (Å²) in [5, 5.41) is 14.2. The van der Waals surface area contributed by atoms with Gasteiger partial charge >= 0.3 is 0 Å². The SMILES string of the molecule is CC(=N/N=C1/NC(=O)C(CC(=O)Nc2cc(C)ccc2C)S1)C1CCCCC1. The molecule has 1 saturated carbocycles. The van der Waals surface area contributed by atoms with Crippen molar-refractivity contribution in [2.75, 3.05) is 5.32 Å². The molecule has 0 aromatic heterocycles. The minimum atomic E-state index is -0.478. The highest BCUT2D eigenvalue weighted by Gasteiger charge is 2.32. The molecule has 2 N–H and O–H groups in total. The normalized spacial score (nSPS) is 22.4. The Hall–Kier alpha value is -2.15. The van der Waals surface area contributed by atoms with E-state index in [1.165, 1.54) is 43.9 Å². The molecule has 2 amide bonds. The zero-order valence-corrected chi connectivity index (χ0v) is 17.6. The Kier molecular flexibility index (Phi) is 6.88. The maximum absolute atomic E-state index is 12.4. The van der Waals surface area contributed by atoms with Crippen molar-refractivity contribution in [2.45, 2.75) is 64.5 Å². The number of nitrogens with one attached hydrogen (secondary N) is 2. The first-order valence-corrected chi connectivity index (χ1v) is 10.8. The van der Waals surface area contributed by atoms with E-state index < -0.39 is 5.25 Å². The second kappa shape index (κ2) is 9.37. The van der Waals surface area contributed by atoms with Gasteiger partial charge in [-0.3, -0.25) is 9.59 Å². The summed E-state index contributed by atoms with van der Waals surface area (Å²) < 4.78 is 0. The number of hydrogen-bond acceptors (Lipinski definition) is 5. The molecule has 6 nitrogen and oxygen atoms in total. The third-order valence-corrected chi connectivity index (χ3v) is 6.38. The summed E-state index contributed by atoms with van der Waals surface area (Å²) in [7, 11) is 0. The van der Waals surface area contributed by atoms with Crippen LogP contribution in [0.1, 0.15) is 56.6 Å². The molecule has 7 heteroatoms. The van der Waals surface area contributed by atoms with Crippen molar-refractivity contribution in [2.24, 2.45) is 16.1 Å². The molecule has 2 fully saturated rings. The second-order valence-electron chi connectivity index (χ2n) is 7.65. The van der Waals surface area contributed by atoms with Crippen LogP contribution in [-0.4, -0.2) is 27.9 Å². The van der Waals surface area contributed by atoms with Gasteiger partial charge < -0.3 is 10.6 Å². The van der Waals surface area contributed by atoms with Crippen molar-refractivity contribution in [3.63, 3.8) is 0 Å². The Bertz CT molecular complexity index is 813. The molecule has 150 valence electrons. The van der Waals surface area contributed by atoms with Crippen LogP contribution in [0.25, 0.3) is 0 Å². The Morgan fingerprint density at radius 2 is 2.00 bits per heavy atom. The van der Waals surface area contributed by atoms with Crippen LogP contribution in [-0.2, 0) is 9.59 Å². The predicted octanol–water partition coefficient (Wildman–Crippen LogP) is 4.18. The summed E-state index contributed by atoms with van der Waals surface area (Å²) in [6, 6.07) is 5.91. The fourth-order valence-corrected chi connectivity index (χ4v) is 4.47. The molecule has 1 aromatic carbocycles. The van der Waals surface area contributed by atoms with Crippen LogP contribution in [0.4, 0.5) is 5.69 Å². The van der Waals surface area contributed by atoms with Gasteiger partial charge in [0.1, 0.15) is 5.25 Å². The van der Waals surface area contributed by atoms with E-state index >= 15 is 0 Å². The molecule has 1 saturated heterocycles. The monoisotopic (exact) mass is 400 g/mol. The van der Waals surface area contributed by atoms with Crippen LogP contribution >= 0.6 is 11.8 Å². The number of thioether (sulfide) groups is 1. The first-order chi connectivity index (χ1) is 13.4. The third-order valence-electron chi connectivity index (χ3n) is 5.31. The minimum Gasteiger partial charge on any atom is -0.326 e. The number of carbonyl (C=O) groups excluding carboxylic acids is 2. The highest BCUT2D eigenvalue weighted by Crippen LogP contribution is 2.26. The Labute approximate surface area is 170 Å². The maximum atomic E-state index is 12.4. The zero-order chi connectivity index (χ0) is 20.1. The molecule has 0 spiro atoms. The Balaban J connectivity index is 1.56. The lowest BCUT2D eigenvalue weighted by Gasteiger charge is -2.20. The van der Waals surface area contributed by atoms with Gasteiger partial charge in [0.2, 0.25) is 11.8 Å². The summed E-state index contributed by atoms with van der Waals surface area (Å²) in [5.74, 6) is 0.134. The molecule has 0 bridgehead atoms. The van der Waals surface area contributed by atoms with Crippen molar-refractivity contribution in [1.29, 1.82) is 0 Å². The number of amidine groups is 1. The molecule has 1 unspecified atom stereocenters. The highest BCUT2D eigenvalue weighted by molar-refractivity contribution is 8.15. The molecule has 2 aliphatic rings. The zero-order valence-electron chi connectivity index (χ0n) is 16.7. The maximum Gasteiger partial charge on any atom is 0.240 e. The number of benzene rings is 1. The van der Waals surface area contributed by atoms with Crippen LogP contribution in [0.15, 0.2) is 28.4 Å². The fraction of sp³-hybridized carbons (Fsp3) is 0.524. The number of hydrogen-bond donors (Lipinski definition) is 2. The van der Waals surface area contributed by atoms with Crippen LogP contribution in [0.2, 0.25) is 0 Å². The van der Waals surface area contributed by atoms with Gasteiger partial charge in [-0.25, -0.2) is 0 Å². The molecule has 1 aliphatic carbocycles. The molecule has 0 radical (unpaired) electrons. The van der Waals surface area contributed by atoms with E-state index in [1.807, 2.05) is 39.0 Å². The quantitative estimate of drug-likeness (QED) is 0.575. The summed E-state index contributed by atoms with van der Waals surface area (Å²) in [5.41, 5.74) is 3.89. The summed E-state index contributed by atoms with van der Waals surface area (Å²) >= 11 is 1.28. The summed E-state index contributed by atoms with van der Waals surface area (Å²) in [4.78, 5) is 24.6. The molecular formula is C21H28N4O2S.